The predicted molar refractivity (Wildman–Crippen MR) is 51.7 cm³/mol. The quantitative estimate of drug-likeness (QED) is 0.700. The van der Waals surface area contributed by atoms with E-state index in [9.17, 15) is 0 Å². The Hall–Kier alpha value is -0.730. The fourth-order valence-electron chi connectivity index (χ4n) is 0.846. The van der Waals surface area contributed by atoms with Gasteiger partial charge in [-0.05, 0) is 12.1 Å². The number of aliphatic hydroxyl groups is 1. The monoisotopic (exact) mass is 185 g/mol. The zero-order valence-electron chi connectivity index (χ0n) is 6.70. The molecule has 0 spiro atoms. The van der Waals surface area contributed by atoms with Gasteiger partial charge in [0.15, 0.2) is 0 Å². The van der Waals surface area contributed by atoms with Crippen molar-refractivity contribution in [2.24, 2.45) is 0 Å². The summed E-state index contributed by atoms with van der Waals surface area (Å²) in [5.74, 6) is 0.264. The maximum absolute atomic E-state index is 9.12. The molecular formula is C9H12ClNO. The summed E-state index contributed by atoms with van der Waals surface area (Å²) in [6, 6.07) is 9.72. The lowest BCUT2D eigenvalue weighted by Gasteiger charge is -2.09. The van der Waals surface area contributed by atoms with Crippen LogP contribution in [-0.4, -0.2) is 23.6 Å². The maximum Gasteiger partial charge on any atom is 0.0847 e. The number of anilines is 1. The smallest absolute Gasteiger partial charge is 0.0847 e. The third kappa shape index (κ3) is 3.11. The molecule has 0 aromatic heterocycles. The van der Waals surface area contributed by atoms with Gasteiger partial charge in [0.05, 0.1) is 12.0 Å². The van der Waals surface area contributed by atoms with E-state index in [4.69, 9.17) is 16.7 Å². The van der Waals surface area contributed by atoms with Crippen LogP contribution in [0.5, 0.6) is 0 Å². The summed E-state index contributed by atoms with van der Waals surface area (Å²) in [5, 5.41) is 12.2. The zero-order valence-corrected chi connectivity index (χ0v) is 7.46. The zero-order chi connectivity index (χ0) is 8.81. The van der Waals surface area contributed by atoms with Crippen molar-refractivity contribution in [3.63, 3.8) is 0 Å². The Labute approximate surface area is 77.2 Å². The Morgan fingerprint density at radius 3 is 2.58 bits per heavy atom. The minimum atomic E-state index is -0.480. The third-order valence-corrected chi connectivity index (χ3v) is 1.85. The van der Waals surface area contributed by atoms with Crippen LogP contribution in [0, 0.1) is 0 Å². The van der Waals surface area contributed by atoms with Crippen LogP contribution in [0.4, 0.5) is 5.69 Å². The van der Waals surface area contributed by atoms with Crippen molar-refractivity contribution in [2.45, 2.75) is 6.10 Å². The van der Waals surface area contributed by atoms with Gasteiger partial charge in [-0.2, -0.15) is 0 Å². The third-order valence-electron chi connectivity index (χ3n) is 1.49. The van der Waals surface area contributed by atoms with Gasteiger partial charge in [0, 0.05) is 12.2 Å². The lowest BCUT2D eigenvalue weighted by Crippen LogP contribution is -2.20. The molecule has 0 heterocycles. The summed E-state index contributed by atoms with van der Waals surface area (Å²) in [7, 11) is 0. The van der Waals surface area contributed by atoms with Crippen molar-refractivity contribution in [3.05, 3.63) is 30.3 Å². The number of halogens is 1. The maximum atomic E-state index is 9.12. The van der Waals surface area contributed by atoms with Crippen LogP contribution in [0.1, 0.15) is 0 Å². The minimum Gasteiger partial charge on any atom is -0.390 e. The van der Waals surface area contributed by atoms with E-state index in [1.807, 2.05) is 30.3 Å². The van der Waals surface area contributed by atoms with Crippen LogP contribution in [-0.2, 0) is 0 Å². The number of aliphatic hydroxyl groups excluding tert-OH is 1. The summed E-state index contributed by atoms with van der Waals surface area (Å²) in [6.07, 6.45) is -0.480. The molecule has 1 rings (SSSR count). The number of hydrogen-bond acceptors (Lipinski definition) is 2. The van der Waals surface area contributed by atoms with Crippen molar-refractivity contribution in [1.29, 1.82) is 0 Å². The number of nitrogens with one attached hydrogen (secondary N) is 1. The van der Waals surface area contributed by atoms with E-state index in [0.29, 0.717) is 6.54 Å². The molecule has 1 aromatic carbocycles. The van der Waals surface area contributed by atoms with Gasteiger partial charge in [-0.3, -0.25) is 0 Å². The van der Waals surface area contributed by atoms with Crippen LogP contribution in [0.2, 0.25) is 0 Å². The lowest BCUT2D eigenvalue weighted by molar-refractivity contribution is 0.211. The Morgan fingerprint density at radius 1 is 1.33 bits per heavy atom. The topological polar surface area (TPSA) is 32.3 Å². The van der Waals surface area contributed by atoms with Crippen LogP contribution < -0.4 is 5.32 Å². The number of para-hydroxylation sites is 1. The summed E-state index contributed by atoms with van der Waals surface area (Å²) in [6.45, 7) is 0.494. The highest BCUT2D eigenvalue weighted by Gasteiger charge is 1.99. The molecule has 66 valence electrons. The number of alkyl halides is 1. The SMILES string of the molecule is O[C@@H](CCl)CNc1ccccc1. The minimum absolute atomic E-state index is 0.264. The highest BCUT2D eigenvalue weighted by atomic mass is 35.5. The van der Waals surface area contributed by atoms with Gasteiger partial charge in [0.25, 0.3) is 0 Å². The molecule has 0 unspecified atom stereocenters. The summed E-state index contributed by atoms with van der Waals surface area (Å²) < 4.78 is 0. The molecule has 0 fully saturated rings. The average Bonchev–Trinajstić information content (AvgIpc) is 2.16. The van der Waals surface area contributed by atoms with Gasteiger partial charge in [-0.15, -0.1) is 11.6 Å². The first-order valence-corrected chi connectivity index (χ1v) is 4.39. The second-order valence-electron chi connectivity index (χ2n) is 2.56. The average molecular weight is 186 g/mol. The largest absolute Gasteiger partial charge is 0.390 e. The van der Waals surface area contributed by atoms with Gasteiger partial charge in [0.1, 0.15) is 0 Å². The van der Waals surface area contributed by atoms with E-state index in [-0.39, 0.29) is 5.88 Å². The first-order chi connectivity index (χ1) is 5.83. The summed E-state index contributed by atoms with van der Waals surface area (Å²) >= 11 is 5.43. The van der Waals surface area contributed by atoms with Crippen LogP contribution in [0.15, 0.2) is 30.3 Å². The second kappa shape index (κ2) is 5.01. The highest BCUT2D eigenvalue weighted by Crippen LogP contribution is 2.04. The molecule has 0 aliphatic rings. The fraction of sp³-hybridized carbons (Fsp3) is 0.333. The Balaban J connectivity index is 2.33. The fourth-order valence-corrected chi connectivity index (χ4v) is 0.955. The van der Waals surface area contributed by atoms with Crippen molar-refractivity contribution in [3.8, 4) is 0 Å². The molecular weight excluding hydrogens is 174 g/mol. The molecule has 0 amide bonds. The van der Waals surface area contributed by atoms with Crippen molar-refractivity contribution in [2.75, 3.05) is 17.7 Å². The van der Waals surface area contributed by atoms with E-state index in [1.165, 1.54) is 0 Å². The molecule has 0 bridgehead atoms. The van der Waals surface area contributed by atoms with Crippen molar-refractivity contribution < 1.29 is 5.11 Å². The molecule has 0 saturated carbocycles. The Bertz CT molecular complexity index is 215. The molecule has 0 radical (unpaired) electrons. The molecule has 0 aliphatic carbocycles. The molecule has 0 saturated heterocycles. The van der Waals surface area contributed by atoms with Crippen molar-refractivity contribution >= 4 is 17.3 Å². The van der Waals surface area contributed by atoms with E-state index < -0.39 is 6.10 Å². The molecule has 2 N–H and O–H groups in total. The molecule has 12 heavy (non-hydrogen) atoms. The summed E-state index contributed by atoms with van der Waals surface area (Å²) in [4.78, 5) is 0. The van der Waals surface area contributed by atoms with E-state index in [2.05, 4.69) is 5.32 Å². The standard InChI is InChI=1S/C9H12ClNO/c10-6-9(12)7-11-8-4-2-1-3-5-8/h1-5,9,11-12H,6-7H2/t9-/m0/s1. The van der Waals surface area contributed by atoms with Crippen LogP contribution >= 0.6 is 11.6 Å². The van der Waals surface area contributed by atoms with Gasteiger partial charge in [0.2, 0.25) is 0 Å². The Morgan fingerprint density at radius 2 is 2.00 bits per heavy atom. The number of rotatable bonds is 4. The van der Waals surface area contributed by atoms with Gasteiger partial charge >= 0.3 is 0 Å². The van der Waals surface area contributed by atoms with E-state index in [1.54, 1.807) is 0 Å². The first-order valence-electron chi connectivity index (χ1n) is 3.86. The molecule has 0 aliphatic heterocycles. The highest BCUT2D eigenvalue weighted by molar-refractivity contribution is 6.18. The molecule has 1 atom stereocenters. The molecule has 3 heteroatoms. The van der Waals surface area contributed by atoms with E-state index in [0.717, 1.165) is 5.69 Å². The molecule has 2 nitrogen and oxygen atoms in total. The van der Waals surface area contributed by atoms with Gasteiger partial charge in [-0.1, -0.05) is 18.2 Å². The number of benzene rings is 1. The van der Waals surface area contributed by atoms with Gasteiger partial charge in [-0.25, -0.2) is 0 Å². The number of hydrogen-bond donors (Lipinski definition) is 2. The normalized spacial score (nSPS) is 12.5. The lowest BCUT2D eigenvalue weighted by atomic mass is 10.3. The predicted octanol–water partition coefficient (Wildman–Crippen LogP) is 1.70. The Kier molecular flexibility index (Phi) is 3.91. The van der Waals surface area contributed by atoms with Gasteiger partial charge < -0.3 is 10.4 Å². The van der Waals surface area contributed by atoms with Crippen LogP contribution in [0.25, 0.3) is 0 Å². The van der Waals surface area contributed by atoms with E-state index >= 15 is 0 Å². The second-order valence-corrected chi connectivity index (χ2v) is 2.86. The summed E-state index contributed by atoms with van der Waals surface area (Å²) in [5.41, 5.74) is 1.00. The van der Waals surface area contributed by atoms with Crippen molar-refractivity contribution in [1.82, 2.24) is 0 Å². The molecule has 1 aromatic rings. The first kappa shape index (κ1) is 9.36. The van der Waals surface area contributed by atoms with Crippen LogP contribution in [0.3, 0.4) is 0 Å².